The SMILES string of the molecule is COc1ccc(/C=C/C(=O)c2ccc(NC(=O)/C(=C/c3cccs3)NC(=O)c3ccccc3)cc2)cc1OC. The minimum absolute atomic E-state index is 0.101. The Balaban J connectivity index is 1.44. The number of ketones is 1. The van der Waals surface area contributed by atoms with Gasteiger partial charge in [-0.1, -0.05) is 36.4 Å². The number of allylic oxidation sites excluding steroid dienone is 1. The molecular formula is C31H26N2O5S. The first-order chi connectivity index (χ1) is 19.0. The third-order valence-electron chi connectivity index (χ3n) is 5.62. The third kappa shape index (κ3) is 7.30. The smallest absolute Gasteiger partial charge is 0.272 e. The summed E-state index contributed by atoms with van der Waals surface area (Å²) in [6.45, 7) is 0. The molecular weight excluding hydrogens is 512 g/mol. The van der Waals surface area contributed by atoms with Gasteiger partial charge in [0.15, 0.2) is 17.3 Å². The van der Waals surface area contributed by atoms with Crippen LogP contribution >= 0.6 is 11.3 Å². The molecule has 0 fully saturated rings. The molecule has 0 aliphatic rings. The Hall–Kier alpha value is -4.95. The fourth-order valence-corrected chi connectivity index (χ4v) is 4.26. The van der Waals surface area contributed by atoms with Crippen LogP contribution in [0.3, 0.4) is 0 Å². The van der Waals surface area contributed by atoms with Crippen molar-refractivity contribution in [3.8, 4) is 11.5 Å². The molecule has 0 unspecified atom stereocenters. The van der Waals surface area contributed by atoms with Crippen LogP contribution in [0.25, 0.3) is 12.2 Å². The standard InChI is InChI=1S/C31H26N2O5S/c1-37-28-17-11-21(19-29(28)38-2)10-16-27(34)22-12-14-24(15-13-22)32-31(36)26(20-25-9-6-18-39-25)33-30(35)23-7-4-3-5-8-23/h3-20H,1-2H3,(H,32,36)(H,33,35)/b16-10+,26-20-. The van der Waals surface area contributed by atoms with E-state index >= 15 is 0 Å². The quantitative estimate of drug-likeness (QED) is 0.189. The minimum atomic E-state index is -0.486. The number of carbonyl (C=O) groups is 3. The van der Waals surface area contributed by atoms with Crippen molar-refractivity contribution in [1.82, 2.24) is 5.32 Å². The second-order valence-electron chi connectivity index (χ2n) is 8.24. The molecule has 7 nitrogen and oxygen atoms in total. The first-order valence-corrected chi connectivity index (χ1v) is 12.8. The van der Waals surface area contributed by atoms with Gasteiger partial charge in [0.05, 0.1) is 14.2 Å². The molecule has 196 valence electrons. The highest BCUT2D eigenvalue weighted by atomic mass is 32.1. The van der Waals surface area contributed by atoms with Crippen molar-refractivity contribution >= 4 is 46.8 Å². The largest absolute Gasteiger partial charge is 0.493 e. The first kappa shape index (κ1) is 27.1. The number of carbonyl (C=O) groups excluding carboxylic acids is 3. The monoisotopic (exact) mass is 538 g/mol. The summed E-state index contributed by atoms with van der Waals surface area (Å²) in [7, 11) is 3.11. The Kier molecular flexibility index (Phi) is 9.05. The highest BCUT2D eigenvalue weighted by molar-refractivity contribution is 7.10. The van der Waals surface area contributed by atoms with Crippen LogP contribution < -0.4 is 20.1 Å². The molecule has 0 saturated carbocycles. The van der Waals surface area contributed by atoms with Gasteiger partial charge in [-0.25, -0.2) is 0 Å². The van der Waals surface area contributed by atoms with Gasteiger partial charge in [0.2, 0.25) is 0 Å². The molecule has 0 saturated heterocycles. The summed E-state index contributed by atoms with van der Waals surface area (Å²) in [5.74, 6) is 0.0956. The number of benzene rings is 3. The Labute approximate surface area is 230 Å². The summed E-state index contributed by atoms with van der Waals surface area (Å²) >= 11 is 1.44. The van der Waals surface area contributed by atoms with E-state index in [-0.39, 0.29) is 11.5 Å². The van der Waals surface area contributed by atoms with Crippen LogP contribution in [-0.4, -0.2) is 31.8 Å². The summed E-state index contributed by atoms with van der Waals surface area (Å²) < 4.78 is 10.5. The van der Waals surface area contributed by atoms with Crippen molar-refractivity contribution in [3.63, 3.8) is 0 Å². The van der Waals surface area contributed by atoms with Gasteiger partial charge in [0, 0.05) is 21.7 Å². The number of amides is 2. The molecule has 2 N–H and O–H groups in total. The van der Waals surface area contributed by atoms with Crippen LogP contribution in [0.1, 0.15) is 31.2 Å². The average Bonchev–Trinajstić information content (AvgIpc) is 3.49. The molecule has 39 heavy (non-hydrogen) atoms. The van der Waals surface area contributed by atoms with E-state index in [1.165, 1.54) is 17.4 Å². The van der Waals surface area contributed by atoms with Gasteiger partial charge >= 0.3 is 0 Å². The topological polar surface area (TPSA) is 93.7 Å². The van der Waals surface area contributed by atoms with Gasteiger partial charge in [-0.15, -0.1) is 11.3 Å². The molecule has 4 rings (SSSR count). The minimum Gasteiger partial charge on any atom is -0.493 e. The van der Waals surface area contributed by atoms with Crippen LogP contribution in [0, 0.1) is 0 Å². The second-order valence-corrected chi connectivity index (χ2v) is 9.22. The summed E-state index contributed by atoms with van der Waals surface area (Å²) in [5, 5.41) is 7.38. The van der Waals surface area contributed by atoms with Crippen molar-refractivity contribution in [1.29, 1.82) is 0 Å². The molecule has 1 heterocycles. The molecule has 0 aliphatic heterocycles. The predicted molar refractivity (Wildman–Crippen MR) is 154 cm³/mol. The van der Waals surface area contributed by atoms with E-state index < -0.39 is 11.8 Å². The van der Waals surface area contributed by atoms with Crippen LogP contribution in [0.5, 0.6) is 11.5 Å². The van der Waals surface area contributed by atoms with Crippen molar-refractivity contribution in [2.75, 3.05) is 19.5 Å². The lowest BCUT2D eigenvalue weighted by Gasteiger charge is -2.11. The third-order valence-corrected chi connectivity index (χ3v) is 6.44. The molecule has 8 heteroatoms. The number of methoxy groups -OCH3 is 2. The number of rotatable bonds is 10. The maximum absolute atomic E-state index is 13.1. The number of hydrogen-bond donors (Lipinski definition) is 2. The molecule has 3 aromatic carbocycles. The van der Waals surface area contributed by atoms with E-state index in [1.54, 1.807) is 87.0 Å². The molecule has 0 aliphatic carbocycles. The number of anilines is 1. The highest BCUT2D eigenvalue weighted by Crippen LogP contribution is 2.28. The molecule has 0 atom stereocenters. The van der Waals surface area contributed by atoms with Crippen molar-refractivity contribution in [2.24, 2.45) is 0 Å². The number of nitrogens with one attached hydrogen (secondary N) is 2. The van der Waals surface area contributed by atoms with E-state index in [0.717, 1.165) is 10.4 Å². The number of ether oxygens (including phenoxy) is 2. The summed E-state index contributed by atoms with van der Waals surface area (Å²) in [4.78, 5) is 39.3. The highest BCUT2D eigenvalue weighted by Gasteiger charge is 2.15. The van der Waals surface area contributed by atoms with Gasteiger partial charge in [-0.2, -0.15) is 0 Å². The average molecular weight is 539 g/mol. The zero-order valence-electron chi connectivity index (χ0n) is 21.3. The van der Waals surface area contributed by atoms with Gasteiger partial charge < -0.3 is 20.1 Å². The lowest BCUT2D eigenvalue weighted by molar-refractivity contribution is -0.113. The normalized spacial score (nSPS) is 11.2. The van der Waals surface area contributed by atoms with Gasteiger partial charge in [-0.3, -0.25) is 14.4 Å². The van der Waals surface area contributed by atoms with E-state index in [4.69, 9.17) is 9.47 Å². The predicted octanol–water partition coefficient (Wildman–Crippen LogP) is 6.07. The van der Waals surface area contributed by atoms with Crippen molar-refractivity contribution in [3.05, 3.63) is 124 Å². The van der Waals surface area contributed by atoms with Gasteiger partial charge in [0.1, 0.15) is 5.70 Å². The zero-order valence-corrected chi connectivity index (χ0v) is 22.2. The molecule has 0 bridgehead atoms. The van der Waals surface area contributed by atoms with Crippen molar-refractivity contribution < 1.29 is 23.9 Å². The first-order valence-electron chi connectivity index (χ1n) is 11.9. The Morgan fingerprint density at radius 2 is 1.54 bits per heavy atom. The van der Waals surface area contributed by atoms with Gasteiger partial charge in [0.25, 0.3) is 11.8 Å². The maximum atomic E-state index is 13.1. The van der Waals surface area contributed by atoms with E-state index in [2.05, 4.69) is 10.6 Å². The Morgan fingerprint density at radius 1 is 0.795 bits per heavy atom. The van der Waals surface area contributed by atoms with E-state index in [0.29, 0.717) is 28.3 Å². The van der Waals surface area contributed by atoms with Crippen LogP contribution in [0.2, 0.25) is 0 Å². The fraction of sp³-hybridized carbons (Fsp3) is 0.0645. The Morgan fingerprint density at radius 3 is 2.21 bits per heavy atom. The van der Waals surface area contributed by atoms with Crippen LogP contribution in [0.4, 0.5) is 5.69 Å². The molecule has 2 amide bonds. The summed E-state index contributed by atoms with van der Waals surface area (Å²) in [6, 6.07) is 24.3. The summed E-state index contributed by atoms with van der Waals surface area (Å²) in [6.07, 6.45) is 4.78. The van der Waals surface area contributed by atoms with Crippen LogP contribution in [-0.2, 0) is 4.79 Å². The van der Waals surface area contributed by atoms with E-state index in [9.17, 15) is 14.4 Å². The fourth-order valence-electron chi connectivity index (χ4n) is 3.60. The number of hydrogen-bond acceptors (Lipinski definition) is 6. The molecule has 4 aromatic rings. The molecule has 0 radical (unpaired) electrons. The van der Waals surface area contributed by atoms with E-state index in [1.807, 2.05) is 29.6 Å². The second kappa shape index (κ2) is 13.0. The van der Waals surface area contributed by atoms with Gasteiger partial charge in [-0.05, 0) is 77.7 Å². The lowest BCUT2D eigenvalue weighted by atomic mass is 10.1. The molecule has 1 aromatic heterocycles. The van der Waals surface area contributed by atoms with Crippen LogP contribution in [0.15, 0.2) is 102 Å². The summed E-state index contributed by atoms with van der Waals surface area (Å²) in [5.41, 5.74) is 2.26. The lowest BCUT2D eigenvalue weighted by Crippen LogP contribution is -2.30. The molecule has 0 spiro atoms. The Bertz CT molecular complexity index is 1510. The number of thiophene rings is 1. The zero-order chi connectivity index (χ0) is 27.6. The van der Waals surface area contributed by atoms with Crippen molar-refractivity contribution in [2.45, 2.75) is 0 Å². The maximum Gasteiger partial charge on any atom is 0.272 e.